The Morgan fingerprint density at radius 1 is 0.720 bits per heavy atom. The molecule has 4 unspecified atom stereocenters. The quantitative estimate of drug-likeness (QED) is 0.432. The minimum Gasteiger partial charge on any atom is -0.394 e. The largest absolute Gasteiger partial charge is 0.394 e. The van der Waals surface area contributed by atoms with Crippen molar-refractivity contribution < 1.29 is 8.85 Å². The first kappa shape index (κ1) is 21.4. The third-order valence-electron chi connectivity index (χ3n) is 7.19. The molecule has 3 heteroatoms. The van der Waals surface area contributed by atoms with Crippen LogP contribution in [0.2, 0.25) is 11.1 Å². The van der Waals surface area contributed by atoms with Gasteiger partial charge in [-0.15, -0.1) is 0 Å². The van der Waals surface area contributed by atoms with Crippen molar-refractivity contribution in [1.29, 1.82) is 0 Å². The fourth-order valence-corrected chi connectivity index (χ4v) is 10.8. The van der Waals surface area contributed by atoms with E-state index in [1.807, 2.05) is 0 Å². The maximum Gasteiger partial charge on any atom is 0.344 e. The zero-order chi connectivity index (χ0) is 18.4. The van der Waals surface area contributed by atoms with Crippen LogP contribution in [0.25, 0.3) is 0 Å². The van der Waals surface area contributed by atoms with E-state index in [4.69, 9.17) is 8.85 Å². The summed E-state index contributed by atoms with van der Waals surface area (Å²) in [4.78, 5) is 0. The van der Waals surface area contributed by atoms with Gasteiger partial charge in [0.15, 0.2) is 0 Å². The van der Waals surface area contributed by atoms with Crippen molar-refractivity contribution >= 4 is 8.56 Å². The van der Waals surface area contributed by atoms with Crippen molar-refractivity contribution in [2.75, 3.05) is 13.2 Å². The molecule has 0 saturated heterocycles. The molecule has 2 rings (SSSR count). The zero-order valence-electron chi connectivity index (χ0n) is 17.9. The Morgan fingerprint density at radius 3 is 1.44 bits per heavy atom. The highest BCUT2D eigenvalue weighted by molar-refractivity contribution is 6.70. The van der Waals surface area contributed by atoms with Crippen LogP contribution in [-0.4, -0.2) is 21.8 Å². The fraction of sp³-hybridized carbons (Fsp3) is 1.00. The lowest BCUT2D eigenvalue weighted by Gasteiger charge is -2.48. The molecule has 0 aliphatic heterocycles. The Labute approximate surface area is 158 Å². The van der Waals surface area contributed by atoms with Gasteiger partial charge in [0.25, 0.3) is 0 Å². The van der Waals surface area contributed by atoms with Gasteiger partial charge in [0.1, 0.15) is 0 Å². The van der Waals surface area contributed by atoms with Crippen LogP contribution < -0.4 is 0 Å². The SMILES string of the molecule is CCO[Si](OCC)(C1CCCC(C(C)C)C1)C1CCCC(C(C)C)C1. The van der Waals surface area contributed by atoms with Crippen molar-refractivity contribution in [2.24, 2.45) is 23.7 Å². The molecule has 0 amide bonds. The van der Waals surface area contributed by atoms with E-state index in [9.17, 15) is 0 Å². The van der Waals surface area contributed by atoms with Crippen molar-refractivity contribution in [3.8, 4) is 0 Å². The van der Waals surface area contributed by atoms with Crippen LogP contribution in [0.3, 0.4) is 0 Å². The Balaban J connectivity index is 2.25. The predicted octanol–water partition coefficient (Wildman–Crippen LogP) is 6.93. The molecular weight excluding hydrogens is 324 g/mol. The van der Waals surface area contributed by atoms with Crippen LogP contribution in [0.4, 0.5) is 0 Å². The van der Waals surface area contributed by atoms with E-state index in [0.717, 1.165) is 36.9 Å². The van der Waals surface area contributed by atoms with Crippen LogP contribution in [0.1, 0.15) is 92.9 Å². The average molecular weight is 369 g/mol. The first-order valence-electron chi connectivity index (χ1n) is 11.2. The molecule has 0 aromatic heterocycles. The molecule has 0 aromatic rings. The van der Waals surface area contributed by atoms with Crippen LogP contribution in [0, 0.1) is 23.7 Å². The van der Waals surface area contributed by atoms with E-state index in [2.05, 4.69) is 41.5 Å². The number of hydrogen-bond acceptors (Lipinski definition) is 2. The molecule has 25 heavy (non-hydrogen) atoms. The smallest absolute Gasteiger partial charge is 0.344 e. The van der Waals surface area contributed by atoms with Gasteiger partial charge in [0.2, 0.25) is 0 Å². The predicted molar refractivity (Wildman–Crippen MR) is 110 cm³/mol. The molecule has 0 spiro atoms. The summed E-state index contributed by atoms with van der Waals surface area (Å²) in [7, 11) is -2.17. The van der Waals surface area contributed by atoms with E-state index in [-0.39, 0.29) is 0 Å². The Morgan fingerprint density at radius 2 is 1.12 bits per heavy atom. The first-order chi connectivity index (χ1) is 11.9. The van der Waals surface area contributed by atoms with E-state index >= 15 is 0 Å². The lowest BCUT2D eigenvalue weighted by molar-refractivity contribution is 0.126. The average Bonchev–Trinajstić information content (AvgIpc) is 2.61. The molecule has 2 saturated carbocycles. The van der Waals surface area contributed by atoms with Crippen molar-refractivity contribution in [3.05, 3.63) is 0 Å². The maximum atomic E-state index is 6.72. The molecule has 0 radical (unpaired) electrons. The Kier molecular flexibility index (Phi) is 8.48. The summed E-state index contributed by atoms with van der Waals surface area (Å²) in [6.07, 6.45) is 11.0. The zero-order valence-corrected chi connectivity index (χ0v) is 18.9. The molecule has 2 aliphatic rings. The molecule has 0 N–H and O–H groups in total. The third-order valence-corrected chi connectivity index (χ3v) is 12.0. The van der Waals surface area contributed by atoms with Gasteiger partial charge in [0, 0.05) is 24.3 Å². The maximum absolute atomic E-state index is 6.72. The van der Waals surface area contributed by atoms with Gasteiger partial charge < -0.3 is 8.85 Å². The molecule has 2 aliphatic carbocycles. The third kappa shape index (κ3) is 5.10. The second-order valence-electron chi connectivity index (χ2n) is 9.32. The van der Waals surface area contributed by atoms with Gasteiger partial charge in [0.05, 0.1) is 0 Å². The van der Waals surface area contributed by atoms with Gasteiger partial charge in [-0.3, -0.25) is 0 Å². The van der Waals surface area contributed by atoms with Crippen molar-refractivity contribution in [3.63, 3.8) is 0 Å². The Hall–Kier alpha value is 0.137. The van der Waals surface area contributed by atoms with Crippen LogP contribution >= 0.6 is 0 Å². The highest BCUT2D eigenvalue weighted by Crippen LogP contribution is 2.52. The van der Waals surface area contributed by atoms with Gasteiger partial charge >= 0.3 is 8.56 Å². The molecule has 0 aromatic carbocycles. The highest BCUT2D eigenvalue weighted by Gasteiger charge is 2.54. The molecular formula is C22H44O2Si. The normalized spacial score (nSPS) is 31.7. The van der Waals surface area contributed by atoms with Crippen LogP contribution in [-0.2, 0) is 8.85 Å². The summed E-state index contributed by atoms with van der Waals surface area (Å²) in [6.45, 7) is 15.7. The minimum atomic E-state index is -2.17. The molecule has 0 bridgehead atoms. The topological polar surface area (TPSA) is 18.5 Å². The van der Waals surface area contributed by atoms with E-state index in [1.54, 1.807) is 0 Å². The highest BCUT2D eigenvalue weighted by atomic mass is 28.4. The molecule has 0 heterocycles. The summed E-state index contributed by atoms with van der Waals surface area (Å²) < 4.78 is 13.4. The van der Waals surface area contributed by atoms with E-state index < -0.39 is 8.56 Å². The monoisotopic (exact) mass is 368 g/mol. The van der Waals surface area contributed by atoms with Gasteiger partial charge in [-0.2, -0.15) is 0 Å². The molecule has 4 atom stereocenters. The molecule has 2 fully saturated rings. The second kappa shape index (κ2) is 9.89. The summed E-state index contributed by atoms with van der Waals surface area (Å²) in [5.74, 6) is 3.34. The lowest BCUT2D eigenvalue weighted by Crippen LogP contribution is -2.54. The number of hydrogen-bond donors (Lipinski definition) is 0. The summed E-state index contributed by atoms with van der Waals surface area (Å²) in [5, 5.41) is 0. The molecule has 2 nitrogen and oxygen atoms in total. The minimum absolute atomic E-state index is 0.712. The lowest BCUT2D eigenvalue weighted by atomic mass is 9.81. The van der Waals surface area contributed by atoms with Gasteiger partial charge in [-0.05, 0) is 63.2 Å². The van der Waals surface area contributed by atoms with Gasteiger partial charge in [-0.25, -0.2) is 0 Å². The van der Waals surface area contributed by atoms with Crippen LogP contribution in [0.5, 0.6) is 0 Å². The van der Waals surface area contributed by atoms with Crippen molar-refractivity contribution in [2.45, 2.75) is 104 Å². The van der Waals surface area contributed by atoms with E-state index in [0.29, 0.717) is 11.1 Å². The fourth-order valence-electron chi connectivity index (χ4n) is 5.69. The summed E-state index contributed by atoms with van der Waals surface area (Å²) in [5.41, 5.74) is 1.42. The number of rotatable bonds is 8. The van der Waals surface area contributed by atoms with Gasteiger partial charge in [-0.1, -0.05) is 53.4 Å². The van der Waals surface area contributed by atoms with E-state index in [1.165, 1.54) is 51.4 Å². The summed E-state index contributed by atoms with van der Waals surface area (Å²) >= 11 is 0. The Bertz CT molecular complexity index is 346. The first-order valence-corrected chi connectivity index (χ1v) is 13.2. The van der Waals surface area contributed by atoms with Crippen molar-refractivity contribution in [1.82, 2.24) is 0 Å². The molecule has 148 valence electrons. The summed E-state index contributed by atoms with van der Waals surface area (Å²) in [6, 6.07) is 0. The second-order valence-corrected chi connectivity index (χ2v) is 13.0. The standard InChI is InChI=1S/C22H44O2Si/c1-7-23-25(24-8-2,21-13-9-11-19(15-21)17(3)4)22-14-10-12-20(16-22)18(5)6/h17-22H,7-16H2,1-6H3. The van der Waals surface area contributed by atoms with Crippen LogP contribution in [0.15, 0.2) is 0 Å².